The second-order valence-electron chi connectivity index (χ2n) is 7.01. The van der Waals surface area contributed by atoms with Gasteiger partial charge in [0.2, 0.25) is 0 Å². The third-order valence-corrected chi connectivity index (χ3v) is 6.43. The maximum absolute atomic E-state index is 13.5. The molecule has 2 heterocycles. The Morgan fingerprint density at radius 2 is 1.68 bits per heavy atom. The molecule has 124 valence electrons. The molecular formula is C22H19NOS. The first-order valence-corrected chi connectivity index (χ1v) is 9.57. The molecule has 1 aliphatic rings. The van der Waals surface area contributed by atoms with Crippen LogP contribution in [0.4, 0.5) is 0 Å². The predicted octanol–water partition coefficient (Wildman–Crippen LogP) is 5.63. The fraction of sp³-hybridized carbons (Fsp3) is 0.182. The van der Waals surface area contributed by atoms with Gasteiger partial charge in [-0.1, -0.05) is 54.6 Å². The molecule has 1 atom stereocenters. The maximum Gasteiger partial charge on any atom is 0.105 e. The summed E-state index contributed by atoms with van der Waals surface area (Å²) in [7, 11) is 0. The molecule has 0 radical (unpaired) electrons. The molecule has 1 unspecified atom stereocenters. The molecule has 0 bridgehead atoms. The van der Waals surface area contributed by atoms with E-state index in [-0.39, 0.29) is 4.65 Å². The van der Waals surface area contributed by atoms with Crippen molar-refractivity contribution < 1.29 is 4.65 Å². The van der Waals surface area contributed by atoms with Crippen molar-refractivity contribution in [2.45, 2.75) is 19.5 Å². The Morgan fingerprint density at radius 1 is 0.880 bits per heavy atom. The lowest BCUT2D eigenvalue weighted by molar-refractivity contribution is -0.909. The standard InChI is InChI=1S/C22H19NOS/c24-23(14-16-6-2-1-3-7-16)13-12-17-10-11-21-22(19(17)15-23)18-8-4-5-9-20(18)25-21/h1-11H,12-15H2. The second-order valence-corrected chi connectivity index (χ2v) is 8.09. The van der Waals surface area contributed by atoms with E-state index < -0.39 is 0 Å². The first-order chi connectivity index (χ1) is 12.2. The van der Waals surface area contributed by atoms with Crippen LogP contribution in [0.3, 0.4) is 0 Å². The van der Waals surface area contributed by atoms with Gasteiger partial charge in [0.1, 0.15) is 13.1 Å². The minimum absolute atomic E-state index is 0.152. The Kier molecular flexibility index (Phi) is 3.42. The topological polar surface area (TPSA) is 23.1 Å². The van der Waals surface area contributed by atoms with Crippen molar-refractivity contribution in [3.63, 3.8) is 0 Å². The highest BCUT2D eigenvalue weighted by molar-refractivity contribution is 7.25. The van der Waals surface area contributed by atoms with Crippen LogP contribution in [0.15, 0.2) is 66.7 Å². The fourth-order valence-corrected chi connectivity index (χ4v) is 5.22. The Hall–Kier alpha value is -2.20. The van der Waals surface area contributed by atoms with Crippen molar-refractivity contribution in [1.29, 1.82) is 0 Å². The van der Waals surface area contributed by atoms with E-state index in [1.807, 2.05) is 29.5 Å². The minimum Gasteiger partial charge on any atom is -0.632 e. The summed E-state index contributed by atoms with van der Waals surface area (Å²) in [5.74, 6) is 0. The molecule has 0 saturated carbocycles. The molecular weight excluding hydrogens is 326 g/mol. The van der Waals surface area contributed by atoms with Crippen LogP contribution in [0.5, 0.6) is 0 Å². The summed E-state index contributed by atoms with van der Waals surface area (Å²) in [6, 6.07) is 23.2. The molecule has 5 rings (SSSR count). The van der Waals surface area contributed by atoms with Gasteiger partial charge < -0.3 is 9.85 Å². The minimum atomic E-state index is -0.152. The lowest BCUT2D eigenvalue weighted by Crippen LogP contribution is -2.45. The van der Waals surface area contributed by atoms with E-state index >= 15 is 0 Å². The molecule has 0 N–H and O–H groups in total. The zero-order valence-corrected chi connectivity index (χ0v) is 14.8. The fourth-order valence-electron chi connectivity index (χ4n) is 4.09. The van der Waals surface area contributed by atoms with Gasteiger partial charge in [-0.3, -0.25) is 0 Å². The zero-order chi connectivity index (χ0) is 16.9. The van der Waals surface area contributed by atoms with E-state index in [9.17, 15) is 5.21 Å². The van der Waals surface area contributed by atoms with Crippen LogP contribution in [0.1, 0.15) is 16.7 Å². The highest BCUT2D eigenvalue weighted by Gasteiger charge is 2.28. The number of benzene rings is 3. The molecule has 25 heavy (non-hydrogen) atoms. The van der Waals surface area contributed by atoms with Gasteiger partial charge in [-0.05, 0) is 17.7 Å². The van der Waals surface area contributed by atoms with Crippen LogP contribution in [0.25, 0.3) is 20.2 Å². The van der Waals surface area contributed by atoms with Crippen LogP contribution in [-0.2, 0) is 19.5 Å². The van der Waals surface area contributed by atoms with Crippen LogP contribution in [-0.4, -0.2) is 11.2 Å². The van der Waals surface area contributed by atoms with Gasteiger partial charge in [0, 0.05) is 37.7 Å². The zero-order valence-electron chi connectivity index (χ0n) is 13.9. The summed E-state index contributed by atoms with van der Waals surface area (Å²) in [5.41, 5.74) is 3.75. The SMILES string of the molecule is [O-][N+]1(Cc2ccccc2)CCc2ccc3sc4ccccc4c3c2C1. The largest absolute Gasteiger partial charge is 0.632 e. The Bertz CT molecular complexity index is 1070. The predicted molar refractivity (Wildman–Crippen MR) is 105 cm³/mol. The summed E-state index contributed by atoms with van der Waals surface area (Å²) in [4.78, 5) is 0. The average Bonchev–Trinajstić information content (AvgIpc) is 3.01. The Labute approximate surface area is 151 Å². The summed E-state index contributed by atoms with van der Waals surface area (Å²) < 4.78 is 2.46. The van der Waals surface area contributed by atoms with Gasteiger partial charge >= 0.3 is 0 Å². The van der Waals surface area contributed by atoms with Crippen molar-refractivity contribution >= 4 is 31.5 Å². The molecule has 1 aromatic heterocycles. The number of fused-ring (bicyclic) bond motifs is 5. The molecule has 1 aliphatic heterocycles. The normalized spacial score (nSPS) is 20.0. The number of nitrogens with zero attached hydrogens (tertiary/aromatic N) is 1. The lowest BCUT2D eigenvalue weighted by Gasteiger charge is -2.46. The van der Waals surface area contributed by atoms with Crippen LogP contribution in [0.2, 0.25) is 0 Å². The van der Waals surface area contributed by atoms with E-state index in [0.717, 1.165) is 12.0 Å². The Balaban J connectivity index is 1.63. The Morgan fingerprint density at radius 3 is 2.56 bits per heavy atom. The third-order valence-electron chi connectivity index (χ3n) is 5.30. The molecule has 3 aromatic carbocycles. The van der Waals surface area contributed by atoms with Gasteiger partial charge in [-0.15, -0.1) is 11.3 Å². The number of hydrogen-bond acceptors (Lipinski definition) is 2. The van der Waals surface area contributed by atoms with E-state index in [4.69, 9.17) is 0 Å². The monoisotopic (exact) mass is 345 g/mol. The van der Waals surface area contributed by atoms with Crippen LogP contribution < -0.4 is 0 Å². The van der Waals surface area contributed by atoms with Gasteiger partial charge in [-0.2, -0.15) is 0 Å². The first-order valence-electron chi connectivity index (χ1n) is 8.75. The highest BCUT2D eigenvalue weighted by Crippen LogP contribution is 2.40. The first kappa shape index (κ1) is 15.1. The highest BCUT2D eigenvalue weighted by atomic mass is 32.1. The molecule has 2 nitrogen and oxygen atoms in total. The number of rotatable bonds is 2. The summed E-state index contributed by atoms with van der Waals surface area (Å²) in [6.07, 6.45) is 0.867. The summed E-state index contributed by atoms with van der Waals surface area (Å²) >= 11 is 1.83. The molecule has 4 aromatic rings. The van der Waals surface area contributed by atoms with Crippen LogP contribution >= 0.6 is 11.3 Å². The van der Waals surface area contributed by atoms with E-state index in [1.54, 1.807) is 0 Å². The average molecular weight is 345 g/mol. The lowest BCUT2D eigenvalue weighted by atomic mass is 9.94. The molecule has 0 spiro atoms. The molecule has 0 amide bonds. The number of hydrogen-bond donors (Lipinski definition) is 0. The van der Waals surface area contributed by atoms with Gasteiger partial charge in [0.25, 0.3) is 0 Å². The maximum atomic E-state index is 13.5. The number of quaternary nitrogens is 1. The molecule has 3 heteroatoms. The van der Waals surface area contributed by atoms with Crippen molar-refractivity contribution in [3.8, 4) is 0 Å². The van der Waals surface area contributed by atoms with E-state index in [0.29, 0.717) is 19.6 Å². The van der Waals surface area contributed by atoms with E-state index in [2.05, 4.69) is 48.5 Å². The van der Waals surface area contributed by atoms with Gasteiger partial charge in [0.05, 0.1) is 6.54 Å². The smallest absolute Gasteiger partial charge is 0.105 e. The van der Waals surface area contributed by atoms with Gasteiger partial charge in [0.15, 0.2) is 0 Å². The van der Waals surface area contributed by atoms with Crippen molar-refractivity contribution in [2.75, 3.05) is 6.54 Å². The van der Waals surface area contributed by atoms with Crippen molar-refractivity contribution in [1.82, 2.24) is 0 Å². The van der Waals surface area contributed by atoms with Crippen molar-refractivity contribution in [3.05, 3.63) is 88.6 Å². The summed E-state index contributed by atoms with van der Waals surface area (Å²) in [6.45, 7) is 1.79. The number of thiophene rings is 1. The second kappa shape index (κ2) is 5.67. The summed E-state index contributed by atoms with van der Waals surface area (Å²) in [5, 5.41) is 16.1. The molecule has 0 saturated heterocycles. The van der Waals surface area contributed by atoms with Crippen molar-refractivity contribution in [2.24, 2.45) is 0 Å². The van der Waals surface area contributed by atoms with Gasteiger partial charge in [-0.25, -0.2) is 0 Å². The van der Waals surface area contributed by atoms with E-state index in [1.165, 1.54) is 31.3 Å². The van der Waals surface area contributed by atoms with Crippen LogP contribution in [0, 0.1) is 5.21 Å². The third kappa shape index (κ3) is 2.56. The molecule has 0 fully saturated rings. The quantitative estimate of drug-likeness (QED) is 0.341. The molecule has 0 aliphatic carbocycles. The number of hydroxylamine groups is 3.